The molecule has 142 valence electrons. The fraction of sp³-hybridized carbons (Fsp3) is 0.136. The fourth-order valence-corrected chi connectivity index (χ4v) is 5.48. The highest BCUT2D eigenvalue weighted by Crippen LogP contribution is 2.32. The summed E-state index contributed by atoms with van der Waals surface area (Å²) >= 11 is 1.63. The molecule has 0 bridgehead atoms. The Bertz CT molecular complexity index is 1240. The molecule has 0 saturated heterocycles. The van der Waals surface area contributed by atoms with Gasteiger partial charge in [-0.05, 0) is 79.9 Å². The highest BCUT2D eigenvalue weighted by molar-refractivity contribution is 7.92. The van der Waals surface area contributed by atoms with Crippen molar-refractivity contribution in [3.8, 4) is 10.6 Å². The number of aromatic nitrogens is 1. The first-order valence-electron chi connectivity index (χ1n) is 8.89. The number of nitrogens with zero attached hydrogens (tertiary/aromatic N) is 1. The molecule has 3 aromatic carbocycles. The van der Waals surface area contributed by atoms with Gasteiger partial charge in [-0.1, -0.05) is 18.2 Å². The van der Waals surface area contributed by atoms with Gasteiger partial charge in [0.25, 0.3) is 10.0 Å². The lowest BCUT2D eigenvalue weighted by Crippen LogP contribution is -2.14. The Balaban J connectivity index is 1.66. The summed E-state index contributed by atoms with van der Waals surface area (Å²) in [5.74, 6) is 0. The van der Waals surface area contributed by atoms with E-state index in [4.69, 9.17) is 0 Å². The normalized spacial score (nSPS) is 11.7. The predicted molar refractivity (Wildman–Crippen MR) is 117 cm³/mol. The van der Waals surface area contributed by atoms with E-state index in [1.54, 1.807) is 29.5 Å². The van der Waals surface area contributed by atoms with Crippen LogP contribution in [-0.2, 0) is 10.0 Å². The van der Waals surface area contributed by atoms with Crippen LogP contribution in [0.2, 0.25) is 0 Å². The zero-order valence-electron chi connectivity index (χ0n) is 15.9. The number of nitrogens with one attached hydrogen (secondary N) is 1. The van der Waals surface area contributed by atoms with E-state index in [9.17, 15) is 8.42 Å². The third-order valence-corrected chi connectivity index (χ3v) is 6.95. The van der Waals surface area contributed by atoms with Gasteiger partial charge in [0, 0.05) is 5.56 Å². The van der Waals surface area contributed by atoms with Crippen LogP contribution in [0.3, 0.4) is 0 Å². The van der Waals surface area contributed by atoms with Crippen molar-refractivity contribution in [2.24, 2.45) is 0 Å². The first-order valence-corrected chi connectivity index (χ1v) is 11.2. The number of rotatable bonds is 4. The van der Waals surface area contributed by atoms with Gasteiger partial charge in [0.05, 0.1) is 20.8 Å². The molecule has 0 aliphatic heterocycles. The molecule has 0 aliphatic carbocycles. The van der Waals surface area contributed by atoms with Crippen LogP contribution in [0.15, 0.2) is 65.6 Å². The molecule has 28 heavy (non-hydrogen) atoms. The standard InChI is InChI=1S/C22H20N2O2S2/c1-14-10-15(2)12-18(11-14)28(25,26)24-19-9-8-17(13-16(19)3)22-23-20-6-4-5-7-21(20)27-22/h4-13,24H,1-3H3. The van der Waals surface area contributed by atoms with Crippen molar-refractivity contribution < 1.29 is 8.42 Å². The number of anilines is 1. The van der Waals surface area contributed by atoms with Crippen LogP contribution >= 0.6 is 11.3 Å². The van der Waals surface area contributed by atoms with Crippen LogP contribution in [0.4, 0.5) is 5.69 Å². The van der Waals surface area contributed by atoms with Crippen molar-refractivity contribution in [3.05, 3.63) is 77.4 Å². The minimum Gasteiger partial charge on any atom is -0.279 e. The van der Waals surface area contributed by atoms with E-state index < -0.39 is 10.0 Å². The summed E-state index contributed by atoms with van der Waals surface area (Å²) in [6.45, 7) is 5.68. The van der Waals surface area contributed by atoms with E-state index in [1.807, 2.05) is 57.2 Å². The van der Waals surface area contributed by atoms with Crippen molar-refractivity contribution in [2.45, 2.75) is 25.7 Å². The molecule has 1 aromatic heterocycles. The molecule has 0 unspecified atom stereocenters. The molecule has 0 saturated carbocycles. The average molecular weight is 409 g/mol. The molecule has 4 rings (SSSR count). The number of fused-ring (bicyclic) bond motifs is 1. The van der Waals surface area contributed by atoms with Gasteiger partial charge in [-0.2, -0.15) is 0 Å². The predicted octanol–water partition coefficient (Wildman–Crippen LogP) is 5.69. The van der Waals surface area contributed by atoms with Crippen LogP contribution in [0.5, 0.6) is 0 Å². The average Bonchev–Trinajstić information content (AvgIpc) is 3.06. The molecule has 1 N–H and O–H groups in total. The monoisotopic (exact) mass is 408 g/mol. The Labute approximate surface area is 168 Å². The van der Waals surface area contributed by atoms with Crippen LogP contribution < -0.4 is 4.72 Å². The van der Waals surface area contributed by atoms with Crippen LogP contribution in [-0.4, -0.2) is 13.4 Å². The van der Waals surface area contributed by atoms with E-state index in [0.717, 1.165) is 37.5 Å². The third kappa shape index (κ3) is 3.66. The number of sulfonamides is 1. The molecular weight excluding hydrogens is 388 g/mol. The van der Waals surface area contributed by atoms with Gasteiger partial charge in [0.15, 0.2) is 0 Å². The zero-order chi connectivity index (χ0) is 19.9. The first kappa shape index (κ1) is 18.7. The molecule has 1 heterocycles. The van der Waals surface area contributed by atoms with Gasteiger partial charge in [-0.3, -0.25) is 4.72 Å². The summed E-state index contributed by atoms with van der Waals surface area (Å²) in [6.07, 6.45) is 0. The lowest BCUT2D eigenvalue weighted by molar-refractivity contribution is 0.601. The van der Waals surface area contributed by atoms with Crippen molar-refractivity contribution in [1.29, 1.82) is 0 Å². The van der Waals surface area contributed by atoms with E-state index in [-0.39, 0.29) is 4.90 Å². The molecule has 4 aromatic rings. The number of para-hydroxylation sites is 1. The number of benzene rings is 3. The Hall–Kier alpha value is -2.70. The van der Waals surface area contributed by atoms with E-state index in [1.165, 1.54) is 0 Å². The number of hydrogen-bond donors (Lipinski definition) is 1. The lowest BCUT2D eigenvalue weighted by atomic mass is 10.1. The summed E-state index contributed by atoms with van der Waals surface area (Å²) in [5.41, 5.74) is 5.22. The summed E-state index contributed by atoms with van der Waals surface area (Å²) in [6, 6.07) is 19.0. The highest BCUT2D eigenvalue weighted by Gasteiger charge is 2.17. The van der Waals surface area contributed by atoms with E-state index in [0.29, 0.717) is 5.69 Å². The van der Waals surface area contributed by atoms with Gasteiger partial charge in [0.1, 0.15) is 5.01 Å². The summed E-state index contributed by atoms with van der Waals surface area (Å²) in [4.78, 5) is 4.95. The van der Waals surface area contributed by atoms with E-state index in [2.05, 4.69) is 15.8 Å². The third-order valence-electron chi connectivity index (χ3n) is 4.52. The minimum atomic E-state index is -3.64. The summed E-state index contributed by atoms with van der Waals surface area (Å²) < 4.78 is 29.5. The Morgan fingerprint density at radius 3 is 2.29 bits per heavy atom. The number of thiazole rings is 1. The van der Waals surface area contributed by atoms with Crippen molar-refractivity contribution in [3.63, 3.8) is 0 Å². The van der Waals surface area contributed by atoms with Crippen molar-refractivity contribution in [1.82, 2.24) is 4.98 Å². The quantitative estimate of drug-likeness (QED) is 0.472. The van der Waals surface area contributed by atoms with Gasteiger partial charge >= 0.3 is 0 Å². The van der Waals surface area contributed by atoms with Crippen LogP contribution in [0, 0.1) is 20.8 Å². The van der Waals surface area contributed by atoms with Gasteiger partial charge in [-0.25, -0.2) is 13.4 Å². The maximum atomic E-state index is 12.8. The maximum absolute atomic E-state index is 12.8. The number of hydrogen-bond acceptors (Lipinski definition) is 4. The Morgan fingerprint density at radius 2 is 1.61 bits per heavy atom. The fourth-order valence-electron chi connectivity index (χ4n) is 3.20. The SMILES string of the molecule is Cc1cc(C)cc(S(=O)(=O)Nc2ccc(-c3nc4ccccc4s3)cc2C)c1. The minimum absolute atomic E-state index is 0.277. The maximum Gasteiger partial charge on any atom is 0.261 e. The highest BCUT2D eigenvalue weighted by atomic mass is 32.2. The van der Waals surface area contributed by atoms with E-state index >= 15 is 0 Å². The molecule has 0 aliphatic rings. The van der Waals surface area contributed by atoms with Crippen molar-refractivity contribution in [2.75, 3.05) is 4.72 Å². The van der Waals surface area contributed by atoms with Crippen LogP contribution in [0.1, 0.15) is 16.7 Å². The van der Waals surface area contributed by atoms with Gasteiger partial charge in [-0.15, -0.1) is 11.3 Å². The smallest absolute Gasteiger partial charge is 0.261 e. The largest absolute Gasteiger partial charge is 0.279 e. The Morgan fingerprint density at radius 1 is 0.893 bits per heavy atom. The van der Waals surface area contributed by atoms with Crippen LogP contribution in [0.25, 0.3) is 20.8 Å². The second-order valence-electron chi connectivity index (χ2n) is 6.95. The first-order chi connectivity index (χ1) is 13.3. The molecular formula is C22H20N2O2S2. The van der Waals surface area contributed by atoms with Gasteiger partial charge < -0.3 is 0 Å². The molecule has 0 spiro atoms. The summed E-state index contributed by atoms with van der Waals surface area (Å²) in [5, 5.41) is 0.924. The van der Waals surface area contributed by atoms with Gasteiger partial charge in [0.2, 0.25) is 0 Å². The second kappa shape index (κ2) is 7.04. The lowest BCUT2D eigenvalue weighted by Gasteiger charge is -2.12. The van der Waals surface area contributed by atoms with Crippen molar-refractivity contribution >= 4 is 37.3 Å². The topological polar surface area (TPSA) is 59.1 Å². The molecule has 0 fully saturated rings. The molecule has 6 heteroatoms. The second-order valence-corrected chi connectivity index (χ2v) is 9.66. The molecule has 4 nitrogen and oxygen atoms in total. The number of aryl methyl sites for hydroxylation is 3. The molecule has 0 atom stereocenters. The molecule has 0 amide bonds. The summed E-state index contributed by atoms with van der Waals surface area (Å²) in [7, 11) is -3.64. The Kier molecular flexibility index (Phi) is 4.69. The molecule has 0 radical (unpaired) electrons. The zero-order valence-corrected chi connectivity index (χ0v) is 17.5.